The van der Waals surface area contributed by atoms with Crippen molar-refractivity contribution in [2.75, 3.05) is 7.05 Å². The largest absolute Gasteiger partial charge is 0.416 e. The maximum atomic E-state index is 12.6. The number of alkyl halides is 3. The van der Waals surface area contributed by atoms with Gasteiger partial charge < -0.3 is 9.88 Å². The molecule has 0 aliphatic rings. The van der Waals surface area contributed by atoms with Crippen molar-refractivity contribution in [2.24, 2.45) is 0 Å². The Morgan fingerprint density at radius 1 is 1.30 bits per heavy atom. The fourth-order valence-corrected chi connectivity index (χ4v) is 1.87. The summed E-state index contributed by atoms with van der Waals surface area (Å²) in [6.45, 7) is 0.119. The molecule has 0 bridgehead atoms. The molecule has 106 valence electrons. The smallest absolute Gasteiger partial charge is 0.367 e. The van der Waals surface area contributed by atoms with Gasteiger partial charge in [-0.3, -0.25) is 4.79 Å². The van der Waals surface area contributed by atoms with Crippen molar-refractivity contribution in [3.8, 4) is 0 Å². The fourth-order valence-electron chi connectivity index (χ4n) is 1.87. The van der Waals surface area contributed by atoms with E-state index in [0.29, 0.717) is 11.1 Å². The van der Waals surface area contributed by atoms with Crippen LogP contribution in [-0.2, 0) is 12.7 Å². The van der Waals surface area contributed by atoms with Crippen molar-refractivity contribution in [3.63, 3.8) is 0 Å². The van der Waals surface area contributed by atoms with Crippen molar-refractivity contribution in [3.05, 3.63) is 59.4 Å². The summed E-state index contributed by atoms with van der Waals surface area (Å²) in [5.41, 5.74) is 0.197. The van der Waals surface area contributed by atoms with Crippen molar-refractivity contribution < 1.29 is 18.0 Å². The molecule has 0 aliphatic carbocycles. The summed E-state index contributed by atoms with van der Waals surface area (Å²) in [7, 11) is 1.55. The molecule has 0 radical (unpaired) electrons. The zero-order valence-electron chi connectivity index (χ0n) is 10.7. The second-order valence-electron chi connectivity index (χ2n) is 4.46. The Kier molecular flexibility index (Phi) is 3.83. The number of hydrogen-bond donors (Lipinski definition) is 1. The van der Waals surface area contributed by atoms with Crippen LogP contribution < -0.4 is 0 Å². The Hall–Kier alpha value is -2.24. The molecule has 2 rings (SSSR count). The first-order chi connectivity index (χ1) is 9.38. The van der Waals surface area contributed by atoms with Gasteiger partial charge in [-0.25, -0.2) is 0 Å². The van der Waals surface area contributed by atoms with E-state index < -0.39 is 11.7 Å². The molecule has 0 aliphatic heterocycles. The third-order valence-corrected chi connectivity index (χ3v) is 2.87. The van der Waals surface area contributed by atoms with Crippen LogP contribution in [0.15, 0.2) is 42.7 Å². The number of aromatic nitrogens is 1. The number of carbonyl (C=O) groups excluding carboxylic acids is 1. The van der Waals surface area contributed by atoms with Crippen LogP contribution in [0.3, 0.4) is 0 Å². The summed E-state index contributed by atoms with van der Waals surface area (Å²) in [5, 5.41) is 0. The summed E-state index contributed by atoms with van der Waals surface area (Å²) in [4.78, 5) is 16.1. The number of nitrogens with one attached hydrogen (secondary N) is 1. The predicted molar refractivity (Wildman–Crippen MR) is 68.0 cm³/mol. The third kappa shape index (κ3) is 3.20. The molecular formula is C14H13F3N2O. The first-order valence-corrected chi connectivity index (χ1v) is 5.92. The lowest BCUT2D eigenvalue weighted by molar-refractivity contribution is -0.137. The van der Waals surface area contributed by atoms with Gasteiger partial charge in [0, 0.05) is 26.0 Å². The molecule has 0 fully saturated rings. The molecule has 1 aromatic carbocycles. The Labute approximate surface area is 114 Å². The topological polar surface area (TPSA) is 36.1 Å². The SMILES string of the molecule is CN(Cc1cccc(C(F)(F)F)c1)C(=O)c1cc[nH]c1. The second kappa shape index (κ2) is 5.40. The number of aromatic amines is 1. The Morgan fingerprint density at radius 2 is 2.05 bits per heavy atom. The number of nitrogens with zero attached hydrogens (tertiary/aromatic N) is 1. The Bertz CT molecular complexity index is 591. The minimum Gasteiger partial charge on any atom is -0.367 e. The number of hydrogen-bond acceptors (Lipinski definition) is 1. The standard InChI is InChI=1S/C14H13F3N2O/c1-19(13(20)11-5-6-18-8-11)9-10-3-2-4-12(7-10)14(15,16)17/h2-8,18H,9H2,1H3. The average molecular weight is 282 g/mol. The van der Waals surface area contributed by atoms with Crippen molar-refractivity contribution >= 4 is 5.91 Å². The molecule has 1 amide bonds. The molecule has 0 saturated carbocycles. The van der Waals surface area contributed by atoms with E-state index in [1.807, 2.05) is 0 Å². The number of halogens is 3. The van der Waals surface area contributed by atoms with Crippen LogP contribution in [0.25, 0.3) is 0 Å². The highest BCUT2D eigenvalue weighted by Crippen LogP contribution is 2.29. The molecule has 6 heteroatoms. The van der Waals surface area contributed by atoms with E-state index in [2.05, 4.69) is 4.98 Å². The molecule has 1 aromatic heterocycles. The summed E-state index contributed by atoms with van der Waals surface area (Å²) in [5.74, 6) is -0.247. The summed E-state index contributed by atoms with van der Waals surface area (Å²) >= 11 is 0. The van der Waals surface area contributed by atoms with E-state index in [1.54, 1.807) is 31.6 Å². The minimum absolute atomic E-state index is 0.119. The number of H-pyrrole nitrogens is 1. The lowest BCUT2D eigenvalue weighted by Crippen LogP contribution is -2.26. The zero-order chi connectivity index (χ0) is 14.8. The maximum absolute atomic E-state index is 12.6. The van der Waals surface area contributed by atoms with Gasteiger partial charge in [0.2, 0.25) is 0 Å². The van der Waals surface area contributed by atoms with Crippen molar-refractivity contribution in [1.82, 2.24) is 9.88 Å². The number of carbonyl (C=O) groups is 1. The fraction of sp³-hybridized carbons (Fsp3) is 0.214. The van der Waals surface area contributed by atoms with E-state index in [1.165, 1.54) is 11.0 Å². The molecule has 2 aromatic rings. The van der Waals surface area contributed by atoms with Crippen LogP contribution in [0.2, 0.25) is 0 Å². The maximum Gasteiger partial charge on any atom is 0.416 e. The van der Waals surface area contributed by atoms with Gasteiger partial charge in [0.1, 0.15) is 0 Å². The molecule has 1 heterocycles. The molecule has 1 N–H and O–H groups in total. The normalized spacial score (nSPS) is 11.4. The van der Waals surface area contributed by atoms with Crippen LogP contribution in [-0.4, -0.2) is 22.8 Å². The first kappa shape index (κ1) is 14.2. The van der Waals surface area contributed by atoms with E-state index in [9.17, 15) is 18.0 Å². The van der Waals surface area contributed by atoms with E-state index >= 15 is 0 Å². The van der Waals surface area contributed by atoms with Crippen LogP contribution in [0.5, 0.6) is 0 Å². The van der Waals surface area contributed by atoms with E-state index in [-0.39, 0.29) is 12.5 Å². The quantitative estimate of drug-likeness (QED) is 0.921. The van der Waals surface area contributed by atoms with Gasteiger partial charge in [-0.1, -0.05) is 12.1 Å². The lowest BCUT2D eigenvalue weighted by atomic mass is 10.1. The Morgan fingerprint density at radius 3 is 2.65 bits per heavy atom. The van der Waals surface area contributed by atoms with Gasteiger partial charge in [-0.2, -0.15) is 13.2 Å². The first-order valence-electron chi connectivity index (χ1n) is 5.92. The van der Waals surface area contributed by atoms with Gasteiger partial charge >= 0.3 is 6.18 Å². The van der Waals surface area contributed by atoms with Gasteiger partial charge in [0.15, 0.2) is 0 Å². The molecule has 0 unspecified atom stereocenters. The monoisotopic (exact) mass is 282 g/mol. The molecule has 3 nitrogen and oxygen atoms in total. The zero-order valence-corrected chi connectivity index (χ0v) is 10.7. The van der Waals surface area contributed by atoms with E-state index in [0.717, 1.165) is 12.1 Å². The molecule has 0 atom stereocenters. The average Bonchev–Trinajstić information content (AvgIpc) is 2.91. The highest BCUT2D eigenvalue weighted by atomic mass is 19.4. The molecule has 0 saturated heterocycles. The predicted octanol–water partition coefficient (Wildman–Crippen LogP) is 3.31. The highest BCUT2D eigenvalue weighted by molar-refractivity contribution is 5.93. The number of amides is 1. The highest BCUT2D eigenvalue weighted by Gasteiger charge is 2.30. The minimum atomic E-state index is -4.38. The van der Waals surface area contributed by atoms with Crippen LogP contribution in [0, 0.1) is 0 Å². The number of rotatable bonds is 3. The molecular weight excluding hydrogens is 269 g/mol. The van der Waals surface area contributed by atoms with E-state index in [4.69, 9.17) is 0 Å². The van der Waals surface area contributed by atoms with Crippen LogP contribution in [0.4, 0.5) is 13.2 Å². The lowest BCUT2D eigenvalue weighted by Gasteiger charge is -2.17. The summed E-state index contributed by atoms with van der Waals surface area (Å²) in [6, 6.07) is 6.59. The van der Waals surface area contributed by atoms with Gasteiger partial charge in [0.05, 0.1) is 11.1 Å². The second-order valence-corrected chi connectivity index (χ2v) is 4.46. The van der Waals surface area contributed by atoms with Gasteiger partial charge in [-0.05, 0) is 23.8 Å². The number of benzene rings is 1. The summed E-state index contributed by atoms with van der Waals surface area (Å²) in [6.07, 6.45) is -1.21. The van der Waals surface area contributed by atoms with Crippen molar-refractivity contribution in [1.29, 1.82) is 0 Å². The third-order valence-electron chi connectivity index (χ3n) is 2.87. The van der Waals surface area contributed by atoms with Gasteiger partial charge in [0.25, 0.3) is 5.91 Å². The molecule has 0 spiro atoms. The molecule has 20 heavy (non-hydrogen) atoms. The van der Waals surface area contributed by atoms with Crippen molar-refractivity contribution in [2.45, 2.75) is 12.7 Å². The van der Waals surface area contributed by atoms with Gasteiger partial charge in [-0.15, -0.1) is 0 Å². The van der Waals surface area contributed by atoms with Crippen LogP contribution >= 0.6 is 0 Å². The summed E-state index contributed by atoms with van der Waals surface area (Å²) < 4.78 is 37.8. The Balaban J connectivity index is 2.12. The van der Waals surface area contributed by atoms with Crippen LogP contribution in [0.1, 0.15) is 21.5 Å².